The Morgan fingerprint density at radius 3 is 2.21 bits per heavy atom. The zero-order chi connectivity index (χ0) is 26.3. The summed E-state index contributed by atoms with van der Waals surface area (Å²) in [4.78, 5) is 40.6. The fraction of sp³-hybridized carbons (Fsp3) is 0.577. The number of rotatable bonds is 8. The second kappa shape index (κ2) is 12.2. The van der Waals surface area contributed by atoms with Gasteiger partial charge in [0.25, 0.3) is 5.91 Å². The smallest absolute Gasteiger partial charge is 0.408 e. The van der Waals surface area contributed by atoms with Crippen molar-refractivity contribution >= 4 is 29.7 Å². The summed E-state index contributed by atoms with van der Waals surface area (Å²) >= 11 is 1.54. The zero-order valence-corrected chi connectivity index (χ0v) is 22.7. The average Bonchev–Trinajstić information content (AvgIpc) is 2.68. The lowest BCUT2D eigenvalue weighted by Crippen LogP contribution is -2.53. The van der Waals surface area contributed by atoms with Crippen LogP contribution in [0.25, 0.3) is 0 Å². The monoisotopic (exact) mass is 489 g/mol. The van der Waals surface area contributed by atoms with Crippen LogP contribution in [0.2, 0.25) is 0 Å². The van der Waals surface area contributed by atoms with Crippen LogP contribution in [0.1, 0.15) is 70.7 Å². The first-order valence-electron chi connectivity index (χ1n) is 11.3. The van der Waals surface area contributed by atoms with Crippen LogP contribution in [0.15, 0.2) is 18.2 Å². The number of terminal acetylenes is 1. The molecule has 2 atom stereocenters. The fourth-order valence-corrected chi connectivity index (χ4v) is 3.64. The number of hydrogen-bond donors (Lipinski definition) is 2. The molecule has 188 valence electrons. The van der Waals surface area contributed by atoms with Gasteiger partial charge >= 0.3 is 6.09 Å². The van der Waals surface area contributed by atoms with Crippen LogP contribution < -0.4 is 10.6 Å². The molecule has 0 aliphatic rings. The van der Waals surface area contributed by atoms with E-state index in [1.165, 1.54) is 11.8 Å². The van der Waals surface area contributed by atoms with Gasteiger partial charge in [0.1, 0.15) is 17.7 Å². The van der Waals surface area contributed by atoms with Gasteiger partial charge in [0.15, 0.2) is 0 Å². The number of nitrogens with one attached hydrogen (secondary N) is 2. The highest BCUT2D eigenvalue weighted by Crippen LogP contribution is 2.25. The molecule has 0 aliphatic carbocycles. The maximum Gasteiger partial charge on any atom is 0.408 e. The SMILES string of the molecule is C#CN(C(=O)C(CCSC)NC(=O)OC(C)(C)C)C(C(=O)NC(C)(C)C)c1ccc(C)c(C)c1. The molecule has 0 spiro atoms. The second-order valence-corrected chi connectivity index (χ2v) is 11.3. The molecule has 2 N–H and O–H groups in total. The molecule has 0 fully saturated rings. The van der Waals surface area contributed by atoms with Crippen molar-refractivity contribution in [1.29, 1.82) is 0 Å². The van der Waals surface area contributed by atoms with E-state index in [4.69, 9.17) is 11.2 Å². The number of carbonyl (C=O) groups is 3. The van der Waals surface area contributed by atoms with Gasteiger partial charge < -0.3 is 15.4 Å². The second-order valence-electron chi connectivity index (χ2n) is 10.3. The molecule has 8 heteroatoms. The Morgan fingerprint density at radius 1 is 1.12 bits per heavy atom. The van der Waals surface area contributed by atoms with Gasteiger partial charge in [-0.25, -0.2) is 4.79 Å². The summed E-state index contributed by atoms with van der Waals surface area (Å²) in [7, 11) is 0. The first-order valence-corrected chi connectivity index (χ1v) is 12.7. The van der Waals surface area contributed by atoms with Gasteiger partial charge in [-0.15, -0.1) is 0 Å². The highest BCUT2D eigenvalue weighted by Gasteiger charge is 2.36. The Morgan fingerprint density at radius 2 is 1.74 bits per heavy atom. The molecule has 0 heterocycles. The van der Waals surface area contributed by atoms with Crippen molar-refractivity contribution in [2.45, 2.75) is 85.0 Å². The number of carbonyl (C=O) groups excluding carboxylic acids is 3. The van der Waals surface area contributed by atoms with E-state index in [0.717, 1.165) is 16.0 Å². The maximum atomic E-state index is 13.6. The standard InChI is InChI=1S/C26H39N3O4S/c1-11-29(23(31)20(14-15-34-10)27-24(32)33-26(7,8)9)21(22(30)28-25(4,5)6)19-13-12-17(2)18(3)16-19/h1,12-13,16,20-21H,14-15H2,2-10H3,(H,27,32)(H,28,30). The molecule has 1 aromatic carbocycles. The predicted octanol–water partition coefficient (Wildman–Crippen LogP) is 4.32. The summed E-state index contributed by atoms with van der Waals surface area (Å²) in [5.74, 6) is -0.342. The van der Waals surface area contributed by atoms with Crippen LogP contribution in [0.5, 0.6) is 0 Å². The minimum absolute atomic E-state index is 0.331. The van der Waals surface area contributed by atoms with Gasteiger partial charge in [-0.1, -0.05) is 24.6 Å². The summed E-state index contributed by atoms with van der Waals surface area (Å²) < 4.78 is 5.34. The molecule has 0 saturated carbocycles. The Kier molecular flexibility index (Phi) is 10.5. The molecule has 0 radical (unpaired) electrons. The van der Waals surface area contributed by atoms with Crippen molar-refractivity contribution in [3.8, 4) is 12.5 Å². The molecule has 3 amide bonds. The highest BCUT2D eigenvalue weighted by atomic mass is 32.2. The van der Waals surface area contributed by atoms with Crippen LogP contribution in [0, 0.1) is 26.3 Å². The number of amides is 3. The van der Waals surface area contributed by atoms with Crippen molar-refractivity contribution in [2.75, 3.05) is 12.0 Å². The molecule has 34 heavy (non-hydrogen) atoms. The number of nitrogens with zero attached hydrogens (tertiary/aromatic N) is 1. The zero-order valence-electron chi connectivity index (χ0n) is 21.9. The fourth-order valence-electron chi connectivity index (χ4n) is 3.17. The number of ether oxygens (including phenoxy) is 1. The summed E-state index contributed by atoms with van der Waals surface area (Å²) in [6.45, 7) is 14.7. The number of aryl methyl sites for hydroxylation is 2. The quantitative estimate of drug-likeness (QED) is 0.419. The third-order valence-corrected chi connectivity index (χ3v) is 5.47. The Labute approximate surface area is 208 Å². The van der Waals surface area contributed by atoms with E-state index >= 15 is 0 Å². The Balaban J connectivity index is 3.42. The lowest BCUT2D eigenvalue weighted by molar-refractivity contribution is -0.139. The number of alkyl carbamates (subject to hydrolysis) is 1. The molecule has 0 aromatic heterocycles. The Bertz CT molecular complexity index is 925. The van der Waals surface area contributed by atoms with Crippen LogP contribution in [-0.4, -0.2) is 52.0 Å². The van der Waals surface area contributed by atoms with Gasteiger partial charge in [-0.3, -0.25) is 14.5 Å². The van der Waals surface area contributed by atoms with Gasteiger partial charge in [-0.05, 0) is 90.5 Å². The lowest BCUT2D eigenvalue weighted by Gasteiger charge is -2.32. The van der Waals surface area contributed by atoms with Gasteiger partial charge in [-0.2, -0.15) is 11.8 Å². The van der Waals surface area contributed by atoms with Crippen molar-refractivity contribution in [3.05, 3.63) is 34.9 Å². The van der Waals surface area contributed by atoms with Crippen LogP contribution in [0.3, 0.4) is 0 Å². The van der Waals surface area contributed by atoms with E-state index in [9.17, 15) is 14.4 Å². The van der Waals surface area contributed by atoms with Gasteiger partial charge in [0.2, 0.25) is 5.91 Å². The van der Waals surface area contributed by atoms with Crippen LogP contribution in [0.4, 0.5) is 4.79 Å². The maximum absolute atomic E-state index is 13.6. The van der Waals surface area contributed by atoms with Crippen molar-refractivity contribution < 1.29 is 19.1 Å². The lowest BCUT2D eigenvalue weighted by atomic mass is 9.97. The number of thioether (sulfide) groups is 1. The average molecular weight is 490 g/mol. The first kappa shape index (κ1) is 29.4. The predicted molar refractivity (Wildman–Crippen MR) is 138 cm³/mol. The van der Waals surface area contributed by atoms with E-state index in [0.29, 0.717) is 17.7 Å². The van der Waals surface area contributed by atoms with Crippen molar-refractivity contribution in [1.82, 2.24) is 15.5 Å². The van der Waals surface area contributed by atoms with E-state index < -0.39 is 41.1 Å². The summed E-state index contributed by atoms with van der Waals surface area (Å²) in [6.07, 6.45) is 7.33. The minimum atomic E-state index is -1.06. The van der Waals surface area contributed by atoms with E-state index in [-0.39, 0.29) is 0 Å². The summed E-state index contributed by atoms with van der Waals surface area (Å²) in [5.41, 5.74) is 1.36. The molecular weight excluding hydrogens is 450 g/mol. The van der Waals surface area contributed by atoms with Crippen molar-refractivity contribution in [3.63, 3.8) is 0 Å². The topological polar surface area (TPSA) is 87.7 Å². The first-order chi connectivity index (χ1) is 15.6. The molecule has 0 bridgehead atoms. The van der Waals surface area contributed by atoms with E-state index in [2.05, 4.69) is 16.7 Å². The van der Waals surface area contributed by atoms with Crippen LogP contribution >= 0.6 is 11.8 Å². The van der Waals surface area contributed by atoms with Gasteiger partial charge in [0.05, 0.1) is 0 Å². The molecule has 0 aliphatic heterocycles. The highest BCUT2D eigenvalue weighted by molar-refractivity contribution is 7.98. The molecule has 1 aromatic rings. The number of benzene rings is 1. The molecule has 0 saturated heterocycles. The largest absolute Gasteiger partial charge is 0.444 e. The number of hydrogen-bond acceptors (Lipinski definition) is 5. The normalized spacial score (nSPS) is 13.3. The van der Waals surface area contributed by atoms with Crippen molar-refractivity contribution in [2.24, 2.45) is 0 Å². The summed E-state index contributed by atoms with van der Waals surface area (Å²) in [5, 5.41) is 5.57. The Hall–Kier alpha value is -2.66. The minimum Gasteiger partial charge on any atom is -0.444 e. The molecular formula is C26H39N3O4S. The summed E-state index contributed by atoms with van der Waals surface area (Å²) in [6, 6.07) is 5.94. The third-order valence-electron chi connectivity index (χ3n) is 4.83. The van der Waals surface area contributed by atoms with Crippen LogP contribution in [-0.2, 0) is 14.3 Å². The van der Waals surface area contributed by atoms with E-state index in [1.54, 1.807) is 26.8 Å². The molecule has 7 nitrogen and oxygen atoms in total. The van der Waals surface area contributed by atoms with Gasteiger partial charge in [0, 0.05) is 11.6 Å². The van der Waals surface area contributed by atoms with E-state index in [1.807, 2.05) is 53.0 Å². The molecule has 1 rings (SSSR count). The molecule has 2 unspecified atom stereocenters. The third kappa shape index (κ3) is 9.30.